The molecule has 4 rings (SSSR count). The van der Waals surface area contributed by atoms with Crippen molar-refractivity contribution in [3.63, 3.8) is 0 Å². The number of benzene rings is 2. The number of anilines is 1. The zero-order valence-corrected chi connectivity index (χ0v) is 21.9. The summed E-state index contributed by atoms with van der Waals surface area (Å²) >= 11 is 1.30. The van der Waals surface area contributed by atoms with E-state index in [1.165, 1.54) is 17.6 Å². The molecule has 0 fully saturated rings. The van der Waals surface area contributed by atoms with E-state index in [9.17, 15) is 19.2 Å². The molecule has 0 bridgehead atoms. The molecule has 0 saturated carbocycles. The fourth-order valence-electron chi connectivity index (χ4n) is 4.01. The van der Waals surface area contributed by atoms with Crippen LogP contribution in [0.15, 0.2) is 53.6 Å². The van der Waals surface area contributed by atoms with E-state index in [0.717, 1.165) is 41.7 Å². The summed E-state index contributed by atoms with van der Waals surface area (Å²) in [5, 5.41) is 6.68. The van der Waals surface area contributed by atoms with Gasteiger partial charge < -0.3 is 14.8 Å². The van der Waals surface area contributed by atoms with Crippen molar-refractivity contribution in [3.8, 4) is 5.75 Å². The number of carbonyl (C=O) groups is 4. The molecule has 9 nitrogen and oxygen atoms in total. The predicted octanol–water partition coefficient (Wildman–Crippen LogP) is 4.42. The highest BCUT2D eigenvalue weighted by Gasteiger charge is 2.28. The second-order valence-electron chi connectivity index (χ2n) is 8.62. The molecule has 2 aromatic carbocycles. The molecular weight excluding hydrogens is 506 g/mol. The largest absolute Gasteiger partial charge is 0.462 e. The lowest BCUT2D eigenvalue weighted by atomic mass is 9.95. The second kappa shape index (κ2) is 12.3. The van der Waals surface area contributed by atoms with Gasteiger partial charge >= 0.3 is 23.8 Å². The number of hydrogen-bond donors (Lipinski definition) is 2. The number of nitrogens with zero attached hydrogens (tertiary/aromatic N) is 1. The van der Waals surface area contributed by atoms with Crippen LogP contribution in [-0.4, -0.2) is 36.6 Å². The Hall–Kier alpha value is -4.31. The zero-order chi connectivity index (χ0) is 27.1. The first-order valence-corrected chi connectivity index (χ1v) is 13.0. The summed E-state index contributed by atoms with van der Waals surface area (Å²) < 4.78 is 10.5. The summed E-state index contributed by atoms with van der Waals surface area (Å²) in [6.45, 7) is 3.82. The smallest absolute Gasteiger partial charge is 0.343 e. The first-order valence-electron chi connectivity index (χ1n) is 12.2. The van der Waals surface area contributed by atoms with E-state index < -0.39 is 23.8 Å². The Labute approximate surface area is 223 Å². The van der Waals surface area contributed by atoms with E-state index in [0.29, 0.717) is 27.4 Å². The highest BCUT2D eigenvalue weighted by atomic mass is 32.1. The van der Waals surface area contributed by atoms with Crippen LogP contribution in [0.2, 0.25) is 0 Å². The van der Waals surface area contributed by atoms with E-state index in [1.807, 2.05) is 13.0 Å². The predicted molar refractivity (Wildman–Crippen MR) is 144 cm³/mol. The van der Waals surface area contributed by atoms with Gasteiger partial charge in [-0.2, -0.15) is 5.10 Å². The van der Waals surface area contributed by atoms with Gasteiger partial charge in [0.25, 0.3) is 0 Å². The van der Waals surface area contributed by atoms with Gasteiger partial charge in [0, 0.05) is 4.88 Å². The quantitative estimate of drug-likeness (QED) is 0.152. The van der Waals surface area contributed by atoms with Gasteiger partial charge in [-0.3, -0.25) is 9.59 Å². The lowest BCUT2D eigenvalue weighted by molar-refractivity contribution is -0.136. The minimum Gasteiger partial charge on any atom is -0.462 e. The first-order chi connectivity index (χ1) is 18.4. The number of nitrogens with one attached hydrogen (secondary N) is 2. The van der Waals surface area contributed by atoms with E-state index in [1.54, 1.807) is 49.4 Å². The van der Waals surface area contributed by atoms with E-state index >= 15 is 0 Å². The third-order valence-electron chi connectivity index (χ3n) is 5.81. The third kappa shape index (κ3) is 6.51. The Morgan fingerprint density at radius 2 is 1.76 bits per heavy atom. The molecule has 1 heterocycles. The van der Waals surface area contributed by atoms with Crippen LogP contribution >= 0.6 is 11.3 Å². The molecular formula is C28H27N3O6S. The maximum absolute atomic E-state index is 12.5. The molecule has 2 N–H and O–H groups in total. The number of fused-ring (bicyclic) bond motifs is 1. The Morgan fingerprint density at radius 3 is 2.50 bits per heavy atom. The number of ether oxygens (including phenoxy) is 2. The van der Waals surface area contributed by atoms with E-state index in [2.05, 4.69) is 15.8 Å². The van der Waals surface area contributed by atoms with Gasteiger partial charge in [0.15, 0.2) is 0 Å². The molecule has 0 radical (unpaired) electrons. The number of aryl methyl sites for hydroxylation is 2. The Morgan fingerprint density at radius 1 is 1.00 bits per heavy atom. The van der Waals surface area contributed by atoms with Crippen LogP contribution in [0.5, 0.6) is 5.75 Å². The molecule has 0 atom stereocenters. The van der Waals surface area contributed by atoms with Gasteiger partial charge in [-0.25, -0.2) is 15.0 Å². The molecule has 1 aromatic heterocycles. The van der Waals surface area contributed by atoms with Gasteiger partial charge in [-0.1, -0.05) is 17.7 Å². The van der Waals surface area contributed by atoms with Gasteiger partial charge in [0.2, 0.25) is 0 Å². The number of thiophene rings is 1. The van der Waals surface area contributed by atoms with Crippen LogP contribution in [0.4, 0.5) is 5.00 Å². The first kappa shape index (κ1) is 26.7. The van der Waals surface area contributed by atoms with Crippen molar-refractivity contribution in [2.45, 2.75) is 39.5 Å². The molecule has 1 aliphatic carbocycles. The van der Waals surface area contributed by atoms with Gasteiger partial charge in [-0.05, 0) is 87.1 Å². The Balaban J connectivity index is 1.34. The Kier molecular flexibility index (Phi) is 8.65. The summed E-state index contributed by atoms with van der Waals surface area (Å²) in [6, 6.07) is 13.6. The highest BCUT2D eigenvalue weighted by molar-refractivity contribution is 7.17. The molecule has 3 aromatic rings. The average molecular weight is 534 g/mol. The van der Waals surface area contributed by atoms with Gasteiger partial charge in [0.1, 0.15) is 10.8 Å². The number of carbonyl (C=O) groups excluding carboxylic acids is 4. The lowest BCUT2D eigenvalue weighted by Crippen LogP contribution is -2.32. The third-order valence-corrected chi connectivity index (χ3v) is 7.02. The summed E-state index contributed by atoms with van der Waals surface area (Å²) in [6.07, 6.45) is 4.87. The molecule has 0 aliphatic heterocycles. The number of hydrogen-bond acceptors (Lipinski definition) is 8. The maximum atomic E-state index is 12.5. The SMILES string of the molecule is CCOC(=O)c1c(NC(=O)C(=O)N/N=C\c2ccc(OC(=O)c3cccc(C)c3)cc2)sc2c1CCCC2. The molecule has 0 unspecified atom stereocenters. The molecule has 2 amide bonds. The van der Waals surface area contributed by atoms with Crippen LogP contribution < -0.4 is 15.5 Å². The van der Waals surface area contributed by atoms with Crippen LogP contribution in [0, 0.1) is 6.92 Å². The fourth-order valence-corrected chi connectivity index (χ4v) is 5.28. The molecule has 38 heavy (non-hydrogen) atoms. The minimum absolute atomic E-state index is 0.210. The molecule has 1 aliphatic rings. The second-order valence-corrected chi connectivity index (χ2v) is 9.72. The normalized spacial score (nSPS) is 12.5. The van der Waals surface area contributed by atoms with Crippen molar-refractivity contribution in [2.24, 2.45) is 5.10 Å². The number of esters is 2. The minimum atomic E-state index is -0.980. The molecule has 0 spiro atoms. The van der Waals surface area contributed by atoms with Crippen LogP contribution in [0.3, 0.4) is 0 Å². The van der Waals surface area contributed by atoms with Gasteiger partial charge in [-0.15, -0.1) is 11.3 Å². The molecule has 196 valence electrons. The van der Waals surface area contributed by atoms with E-state index in [4.69, 9.17) is 9.47 Å². The topological polar surface area (TPSA) is 123 Å². The fraction of sp³-hybridized carbons (Fsp3) is 0.250. The Bertz CT molecular complexity index is 1390. The lowest BCUT2D eigenvalue weighted by Gasteiger charge is -2.12. The van der Waals surface area contributed by atoms with E-state index in [-0.39, 0.29) is 6.61 Å². The number of hydrazone groups is 1. The van der Waals surface area contributed by atoms with Crippen LogP contribution in [0.1, 0.15) is 62.0 Å². The summed E-state index contributed by atoms with van der Waals surface area (Å²) in [5.74, 6) is -2.54. The van der Waals surface area contributed by atoms with Gasteiger partial charge in [0.05, 0.1) is 23.9 Å². The molecule has 0 saturated heterocycles. The van der Waals surface area contributed by atoms with Crippen molar-refractivity contribution >= 4 is 46.3 Å². The number of amides is 2. The average Bonchev–Trinajstić information content (AvgIpc) is 3.27. The monoisotopic (exact) mass is 533 g/mol. The van der Waals surface area contributed by atoms with Crippen molar-refractivity contribution < 1.29 is 28.7 Å². The van der Waals surface area contributed by atoms with Crippen LogP contribution in [0.25, 0.3) is 0 Å². The van der Waals surface area contributed by atoms with Crippen LogP contribution in [-0.2, 0) is 27.2 Å². The van der Waals surface area contributed by atoms with Crippen molar-refractivity contribution in [3.05, 3.63) is 81.2 Å². The van der Waals surface area contributed by atoms with Crippen molar-refractivity contribution in [1.82, 2.24) is 5.43 Å². The maximum Gasteiger partial charge on any atom is 0.343 e. The van der Waals surface area contributed by atoms with Crippen molar-refractivity contribution in [1.29, 1.82) is 0 Å². The van der Waals surface area contributed by atoms with Crippen molar-refractivity contribution in [2.75, 3.05) is 11.9 Å². The molecule has 10 heteroatoms. The summed E-state index contributed by atoms with van der Waals surface area (Å²) in [4.78, 5) is 50.7. The highest BCUT2D eigenvalue weighted by Crippen LogP contribution is 2.38. The summed E-state index contributed by atoms with van der Waals surface area (Å²) in [7, 11) is 0. The zero-order valence-electron chi connectivity index (χ0n) is 21.0. The standard InChI is InChI=1S/C28H27N3O6S/c1-3-36-28(35)23-21-9-4-5-10-22(21)38-26(23)30-24(32)25(33)31-29-16-18-11-13-20(14-12-18)37-27(34)19-8-6-7-17(2)15-19/h6-8,11-16H,3-5,9-10H2,1-2H3,(H,30,32)(H,31,33)/b29-16-. The number of rotatable bonds is 7. The summed E-state index contributed by atoms with van der Waals surface area (Å²) in [5.41, 5.74) is 5.42.